The summed E-state index contributed by atoms with van der Waals surface area (Å²) in [6.45, 7) is 0. The SMILES string of the molecule is Nc1c([N+](=O)[O-])cnc2cc(F)c(Br)cc12. The molecule has 0 amide bonds. The van der Waals surface area contributed by atoms with Crippen LogP contribution in [0.5, 0.6) is 0 Å². The Morgan fingerprint density at radius 2 is 2.19 bits per heavy atom. The molecule has 0 radical (unpaired) electrons. The zero-order chi connectivity index (χ0) is 11.9. The smallest absolute Gasteiger partial charge is 0.310 e. The molecule has 0 bridgehead atoms. The van der Waals surface area contributed by atoms with Crippen molar-refractivity contribution >= 4 is 38.2 Å². The molecule has 0 atom stereocenters. The number of pyridine rings is 1. The van der Waals surface area contributed by atoms with Crippen molar-refractivity contribution in [3.63, 3.8) is 0 Å². The number of aromatic nitrogens is 1. The van der Waals surface area contributed by atoms with Gasteiger partial charge in [0, 0.05) is 11.5 Å². The molecule has 1 aromatic heterocycles. The maximum absolute atomic E-state index is 13.2. The minimum atomic E-state index is -0.626. The van der Waals surface area contributed by atoms with Crippen molar-refractivity contribution in [1.29, 1.82) is 0 Å². The lowest BCUT2D eigenvalue weighted by Gasteiger charge is -2.03. The van der Waals surface area contributed by atoms with Gasteiger partial charge >= 0.3 is 5.69 Å². The quantitative estimate of drug-likeness (QED) is 0.645. The minimum Gasteiger partial charge on any atom is -0.393 e. The number of hydrogen-bond acceptors (Lipinski definition) is 4. The largest absolute Gasteiger partial charge is 0.393 e. The molecule has 7 heteroatoms. The fourth-order valence-corrected chi connectivity index (χ4v) is 1.69. The van der Waals surface area contributed by atoms with E-state index in [4.69, 9.17) is 5.73 Å². The second kappa shape index (κ2) is 3.67. The van der Waals surface area contributed by atoms with Gasteiger partial charge in [0.25, 0.3) is 0 Å². The Labute approximate surface area is 97.4 Å². The van der Waals surface area contributed by atoms with Crippen LogP contribution in [-0.4, -0.2) is 9.91 Å². The lowest BCUT2D eigenvalue weighted by atomic mass is 10.1. The van der Waals surface area contributed by atoms with Crippen LogP contribution < -0.4 is 5.73 Å². The molecule has 0 unspecified atom stereocenters. The van der Waals surface area contributed by atoms with Crippen molar-refractivity contribution in [3.8, 4) is 0 Å². The van der Waals surface area contributed by atoms with Gasteiger partial charge in [-0.25, -0.2) is 9.37 Å². The molecule has 0 aliphatic carbocycles. The standard InChI is InChI=1S/C9H5BrFN3O2/c10-5-1-4-7(2-6(5)11)13-3-8(9(4)12)14(15)16/h1-3H,(H2,12,13). The van der Waals surface area contributed by atoms with Crippen molar-refractivity contribution in [2.24, 2.45) is 0 Å². The van der Waals surface area contributed by atoms with Crippen LogP contribution in [0.15, 0.2) is 22.8 Å². The van der Waals surface area contributed by atoms with Crippen molar-refractivity contribution in [3.05, 3.63) is 38.7 Å². The zero-order valence-electron chi connectivity index (χ0n) is 7.78. The lowest BCUT2D eigenvalue weighted by Crippen LogP contribution is -1.98. The number of fused-ring (bicyclic) bond motifs is 1. The van der Waals surface area contributed by atoms with E-state index >= 15 is 0 Å². The Hall–Kier alpha value is -1.76. The van der Waals surface area contributed by atoms with Crippen LogP contribution in [0.1, 0.15) is 0 Å². The minimum absolute atomic E-state index is 0.0179. The summed E-state index contributed by atoms with van der Waals surface area (Å²) in [5.74, 6) is -0.492. The number of rotatable bonds is 1. The maximum Gasteiger partial charge on any atom is 0.310 e. The molecule has 1 aromatic carbocycles. The Morgan fingerprint density at radius 3 is 2.81 bits per heavy atom. The fourth-order valence-electron chi connectivity index (χ4n) is 1.34. The summed E-state index contributed by atoms with van der Waals surface area (Å²) in [4.78, 5) is 13.8. The van der Waals surface area contributed by atoms with Crippen LogP contribution in [0.2, 0.25) is 0 Å². The summed E-state index contributed by atoms with van der Waals surface area (Å²) in [6.07, 6.45) is 1.02. The maximum atomic E-state index is 13.2. The molecule has 0 saturated carbocycles. The Balaban J connectivity index is 2.84. The molecule has 82 valence electrons. The fraction of sp³-hybridized carbons (Fsp3) is 0. The average Bonchev–Trinajstić information content (AvgIpc) is 2.21. The summed E-state index contributed by atoms with van der Waals surface area (Å²) in [7, 11) is 0. The molecule has 1 heterocycles. The third-order valence-corrected chi connectivity index (χ3v) is 2.74. The van der Waals surface area contributed by atoms with Crippen molar-refractivity contribution in [2.75, 3.05) is 5.73 Å². The number of nitrogen functional groups attached to an aromatic ring is 1. The van der Waals surface area contributed by atoms with Gasteiger partial charge in [0.1, 0.15) is 17.7 Å². The van der Waals surface area contributed by atoms with Crippen LogP contribution in [-0.2, 0) is 0 Å². The molecule has 16 heavy (non-hydrogen) atoms. The first kappa shape index (κ1) is 10.7. The Kier molecular flexibility index (Phi) is 2.47. The highest BCUT2D eigenvalue weighted by atomic mass is 79.9. The summed E-state index contributed by atoms with van der Waals surface area (Å²) in [5, 5.41) is 11.0. The van der Waals surface area contributed by atoms with E-state index in [1.807, 2.05) is 0 Å². The van der Waals surface area contributed by atoms with Crippen molar-refractivity contribution in [1.82, 2.24) is 4.98 Å². The normalized spacial score (nSPS) is 10.6. The van der Waals surface area contributed by atoms with E-state index in [0.29, 0.717) is 5.39 Å². The first-order valence-electron chi connectivity index (χ1n) is 4.18. The predicted octanol–water partition coefficient (Wildman–Crippen LogP) is 2.63. The Bertz CT molecular complexity index is 603. The van der Waals surface area contributed by atoms with Gasteiger partial charge in [0.05, 0.1) is 14.9 Å². The third kappa shape index (κ3) is 1.58. The number of halogens is 2. The van der Waals surface area contributed by atoms with Crippen molar-refractivity contribution < 1.29 is 9.31 Å². The van der Waals surface area contributed by atoms with E-state index < -0.39 is 10.7 Å². The average molecular weight is 286 g/mol. The van der Waals surface area contributed by atoms with Gasteiger partial charge in [-0.3, -0.25) is 10.1 Å². The first-order valence-corrected chi connectivity index (χ1v) is 4.97. The van der Waals surface area contributed by atoms with Gasteiger partial charge in [0.15, 0.2) is 0 Å². The zero-order valence-corrected chi connectivity index (χ0v) is 9.36. The number of anilines is 1. The number of nitro groups is 1. The van der Waals surface area contributed by atoms with E-state index in [1.165, 1.54) is 12.1 Å². The van der Waals surface area contributed by atoms with Crippen LogP contribution in [0, 0.1) is 15.9 Å². The van der Waals surface area contributed by atoms with E-state index in [-0.39, 0.29) is 21.4 Å². The highest BCUT2D eigenvalue weighted by molar-refractivity contribution is 9.10. The van der Waals surface area contributed by atoms with E-state index in [2.05, 4.69) is 20.9 Å². The lowest BCUT2D eigenvalue weighted by molar-refractivity contribution is -0.384. The topological polar surface area (TPSA) is 82.0 Å². The molecule has 0 fully saturated rings. The molecule has 0 aliphatic rings. The number of benzene rings is 1. The molecule has 2 N–H and O–H groups in total. The van der Waals surface area contributed by atoms with E-state index in [1.54, 1.807) is 0 Å². The first-order chi connectivity index (χ1) is 7.50. The summed E-state index contributed by atoms with van der Waals surface area (Å²) in [6, 6.07) is 2.54. The monoisotopic (exact) mass is 285 g/mol. The summed E-state index contributed by atoms with van der Waals surface area (Å²) >= 11 is 2.98. The molecule has 2 aromatic rings. The van der Waals surface area contributed by atoms with Crippen LogP contribution >= 0.6 is 15.9 Å². The Morgan fingerprint density at radius 1 is 1.50 bits per heavy atom. The molecule has 0 aliphatic heterocycles. The van der Waals surface area contributed by atoms with Crippen LogP contribution in [0.3, 0.4) is 0 Å². The second-order valence-corrected chi connectivity index (χ2v) is 3.95. The highest BCUT2D eigenvalue weighted by Gasteiger charge is 2.16. The third-order valence-electron chi connectivity index (χ3n) is 2.13. The van der Waals surface area contributed by atoms with Gasteiger partial charge in [-0.1, -0.05) is 0 Å². The molecular weight excluding hydrogens is 281 g/mol. The summed E-state index contributed by atoms with van der Waals surface area (Å²) in [5.41, 5.74) is 5.59. The highest BCUT2D eigenvalue weighted by Crippen LogP contribution is 2.31. The molecule has 0 spiro atoms. The van der Waals surface area contributed by atoms with E-state index in [9.17, 15) is 14.5 Å². The number of nitrogens with two attached hydrogens (primary N) is 1. The molecule has 2 rings (SSSR count). The van der Waals surface area contributed by atoms with Crippen LogP contribution in [0.4, 0.5) is 15.8 Å². The second-order valence-electron chi connectivity index (χ2n) is 3.10. The predicted molar refractivity (Wildman–Crippen MR) is 60.5 cm³/mol. The van der Waals surface area contributed by atoms with Crippen molar-refractivity contribution in [2.45, 2.75) is 0 Å². The van der Waals surface area contributed by atoms with E-state index in [0.717, 1.165) is 6.20 Å². The van der Waals surface area contributed by atoms with Crippen LogP contribution in [0.25, 0.3) is 10.9 Å². The van der Waals surface area contributed by atoms with Gasteiger partial charge in [-0.15, -0.1) is 0 Å². The van der Waals surface area contributed by atoms with Gasteiger partial charge in [0.2, 0.25) is 0 Å². The molecule has 0 saturated heterocycles. The summed E-state index contributed by atoms with van der Waals surface area (Å²) < 4.78 is 13.4. The van der Waals surface area contributed by atoms with Gasteiger partial charge in [-0.2, -0.15) is 0 Å². The van der Waals surface area contributed by atoms with Gasteiger partial charge in [-0.05, 0) is 22.0 Å². The number of hydrogen-bond donors (Lipinski definition) is 1. The van der Waals surface area contributed by atoms with Gasteiger partial charge < -0.3 is 5.73 Å². The molecular formula is C9H5BrFN3O2. The molecule has 5 nitrogen and oxygen atoms in total. The number of nitrogens with zero attached hydrogens (tertiary/aromatic N) is 2.